The van der Waals surface area contributed by atoms with E-state index in [1.54, 1.807) is 90.3 Å². The molecular formula is C49H57F3N8O8. The lowest BCUT2D eigenvalue weighted by atomic mass is 9.94. The van der Waals surface area contributed by atoms with Crippen molar-refractivity contribution in [2.24, 2.45) is 0 Å². The maximum Gasteiger partial charge on any atom is 0.425 e. The molecule has 3 amide bonds. The molecule has 1 unspecified atom stereocenters. The predicted molar refractivity (Wildman–Crippen MR) is 246 cm³/mol. The number of halogens is 3. The number of terminal acetylenes is 1. The summed E-state index contributed by atoms with van der Waals surface area (Å²) in [5, 5.41) is 0.369. The Morgan fingerprint density at radius 1 is 0.941 bits per heavy atom. The topological polar surface area (TPSA) is 162 Å². The van der Waals surface area contributed by atoms with Crippen molar-refractivity contribution in [1.29, 1.82) is 0 Å². The molecular weight excluding hydrogens is 886 g/mol. The van der Waals surface area contributed by atoms with Gasteiger partial charge in [-0.2, -0.15) is 14.9 Å². The smallest absolute Gasteiger partial charge is 0.425 e. The van der Waals surface area contributed by atoms with Gasteiger partial charge in [0.1, 0.15) is 57.7 Å². The summed E-state index contributed by atoms with van der Waals surface area (Å²) in [6, 6.07) is 4.62. The van der Waals surface area contributed by atoms with Crippen LogP contribution in [-0.2, 0) is 14.2 Å². The molecule has 0 saturated carbocycles. The number of anilines is 2. The van der Waals surface area contributed by atoms with Crippen LogP contribution in [0, 0.1) is 18.2 Å². The van der Waals surface area contributed by atoms with Gasteiger partial charge in [-0.3, -0.25) is 9.80 Å². The summed E-state index contributed by atoms with van der Waals surface area (Å²) < 4.78 is 78.5. The summed E-state index contributed by atoms with van der Waals surface area (Å²) in [5.41, 5.74) is -3.99. The second kappa shape index (κ2) is 16.2. The minimum atomic E-state index is -2.92. The number of imide groups is 1. The van der Waals surface area contributed by atoms with E-state index in [-0.39, 0.29) is 81.3 Å². The van der Waals surface area contributed by atoms with Crippen molar-refractivity contribution in [1.82, 2.24) is 29.7 Å². The summed E-state index contributed by atoms with van der Waals surface area (Å²) in [7, 11) is 0. The highest BCUT2D eigenvalue weighted by Gasteiger charge is 2.58. The Morgan fingerprint density at radius 2 is 1.63 bits per heavy atom. The largest absolute Gasteiger partial charge is 0.472 e. The lowest BCUT2D eigenvalue weighted by molar-refractivity contribution is 0.000814. The first-order valence-electron chi connectivity index (χ1n) is 23.0. The second-order valence-corrected chi connectivity index (χ2v) is 21.5. The van der Waals surface area contributed by atoms with Crippen LogP contribution in [0.2, 0.25) is 0 Å². The van der Waals surface area contributed by atoms with Gasteiger partial charge in [0, 0.05) is 29.5 Å². The highest BCUT2D eigenvalue weighted by molar-refractivity contribution is 6.11. The van der Waals surface area contributed by atoms with Crippen molar-refractivity contribution in [2.75, 3.05) is 36.0 Å². The van der Waals surface area contributed by atoms with Crippen molar-refractivity contribution in [3.63, 3.8) is 0 Å². The van der Waals surface area contributed by atoms with Crippen LogP contribution < -0.4 is 19.3 Å². The number of rotatable bonds is 5. The summed E-state index contributed by atoms with van der Waals surface area (Å²) in [6.07, 6.45) is 4.71. The molecule has 5 aliphatic heterocycles. The second-order valence-electron chi connectivity index (χ2n) is 21.5. The fourth-order valence-electron chi connectivity index (χ4n) is 10.5. The van der Waals surface area contributed by atoms with Crippen molar-refractivity contribution < 1.29 is 51.2 Å². The highest BCUT2D eigenvalue weighted by Crippen LogP contribution is 2.49. The van der Waals surface area contributed by atoms with E-state index in [2.05, 4.69) is 15.9 Å². The molecule has 1 aromatic carbocycles. The van der Waals surface area contributed by atoms with Gasteiger partial charge in [-0.15, -0.1) is 6.42 Å². The SMILES string of the molecule is C#Cc1cccc2nc(N(C(=O)OC(C)(C)C)C(=O)OC(C)(C)C)cc(-c3nc4c5c(nc(OCC67CCCN6CC(F)(F)C7)nc5c3F)N3C[C@H]5CC[C@@H]([C@H]3[C@H](C)O4)N5C(=O)OC(C)(C)C)c12. The molecule has 0 spiro atoms. The Hall–Kier alpha value is -6.16. The maximum atomic E-state index is 18.2. The molecule has 19 heteroatoms. The van der Waals surface area contributed by atoms with E-state index in [0.717, 1.165) is 0 Å². The van der Waals surface area contributed by atoms with Gasteiger partial charge < -0.3 is 28.6 Å². The van der Waals surface area contributed by atoms with Gasteiger partial charge in [0.05, 0.1) is 35.7 Å². The van der Waals surface area contributed by atoms with Crippen LogP contribution in [0.3, 0.4) is 0 Å². The summed E-state index contributed by atoms with van der Waals surface area (Å²) in [6.45, 7) is 17.2. The van der Waals surface area contributed by atoms with E-state index < -0.39 is 83.5 Å². The maximum absolute atomic E-state index is 18.2. The number of aromatic nitrogens is 4. The van der Waals surface area contributed by atoms with Gasteiger partial charge in [0.15, 0.2) is 5.82 Å². The molecule has 362 valence electrons. The van der Waals surface area contributed by atoms with Crippen LogP contribution in [0.25, 0.3) is 33.1 Å². The Labute approximate surface area is 392 Å². The van der Waals surface area contributed by atoms with Crippen LogP contribution >= 0.6 is 0 Å². The van der Waals surface area contributed by atoms with Crippen molar-refractivity contribution in [3.8, 4) is 35.5 Å². The van der Waals surface area contributed by atoms with Crippen LogP contribution in [0.5, 0.6) is 11.9 Å². The Balaban J connectivity index is 1.25. The van der Waals surface area contributed by atoms with E-state index in [1.807, 2.05) is 11.8 Å². The molecule has 2 bridgehead atoms. The van der Waals surface area contributed by atoms with Crippen molar-refractivity contribution in [3.05, 3.63) is 35.6 Å². The van der Waals surface area contributed by atoms with E-state index >= 15 is 4.39 Å². The van der Waals surface area contributed by atoms with Gasteiger partial charge in [-0.05, 0) is 120 Å². The summed E-state index contributed by atoms with van der Waals surface area (Å²) >= 11 is 0. The molecule has 0 radical (unpaired) electrons. The number of nitrogens with zero attached hydrogens (tertiary/aromatic N) is 8. The number of carbonyl (C=O) groups is 3. The number of hydrogen-bond donors (Lipinski definition) is 0. The van der Waals surface area contributed by atoms with Crippen molar-refractivity contribution in [2.45, 2.75) is 154 Å². The van der Waals surface area contributed by atoms with E-state index in [9.17, 15) is 23.2 Å². The third kappa shape index (κ3) is 8.53. The number of carbonyl (C=O) groups excluding carboxylic acids is 3. The lowest BCUT2D eigenvalue weighted by Gasteiger charge is -2.48. The van der Waals surface area contributed by atoms with Crippen molar-refractivity contribution >= 4 is 51.7 Å². The zero-order valence-electron chi connectivity index (χ0n) is 40.0. The van der Waals surface area contributed by atoms with E-state index in [0.29, 0.717) is 37.1 Å². The minimum absolute atomic E-state index is 0.0102. The zero-order valence-corrected chi connectivity index (χ0v) is 40.0. The Bertz CT molecular complexity index is 2750. The first-order valence-corrected chi connectivity index (χ1v) is 23.0. The first kappa shape index (κ1) is 46.9. The minimum Gasteiger partial charge on any atom is -0.472 e. The first-order chi connectivity index (χ1) is 31.8. The standard InChI is InChI=1S/C49H57F3N8O8/c1-12-27-15-13-16-30-33(27)29(21-32(53-30)60(43(62)67-46(6,7)8)44(63)68-47(9,10)11)36-35(50)37-34-39(56-41(55-37)64-25-48-19-14-20-57(48)24-49(51,52)23-48)58-22-28-17-18-31(38(58)26(2)65-40(34)54-36)59(28)42(61)66-45(3,4)5/h1,13,15-16,21,26,28,31,38H,14,17-20,22-25H2,2-11H3/t26-,28+,31-,38+,48?/m0/s1. The molecule has 3 aromatic heterocycles. The lowest BCUT2D eigenvalue weighted by Crippen LogP contribution is -2.65. The van der Waals surface area contributed by atoms with Gasteiger partial charge >= 0.3 is 24.3 Å². The Morgan fingerprint density at radius 3 is 2.29 bits per heavy atom. The van der Waals surface area contributed by atoms with E-state index in [4.69, 9.17) is 40.1 Å². The fraction of sp³-hybridized carbons (Fsp3) is 0.571. The monoisotopic (exact) mass is 942 g/mol. The number of pyridine rings is 2. The van der Waals surface area contributed by atoms with Gasteiger partial charge in [0.25, 0.3) is 5.92 Å². The molecule has 5 atom stereocenters. The fourth-order valence-corrected chi connectivity index (χ4v) is 10.5. The normalized spacial score (nSPS) is 24.2. The molecule has 68 heavy (non-hydrogen) atoms. The third-order valence-corrected chi connectivity index (χ3v) is 12.9. The number of alkyl halides is 2. The average molecular weight is 943 g/mol. The van der Waals surface area contributed by atoms with Gasteiger partial charge in [-0.1, -0.05) is 12.0 Å². The molecule has 16 nitrogen and oxygen atoms in total. The number of fused-ring (bicyclic) bond motifs is 7. The number of benzene rings is 1. The molecule has 5 aliphatic rings. The van der Waals surface area contributed by atoms with E-state index in [1.165, 1.54) is 6.07 Å². The zero-order chi connectivity index (χ0) is 49.0. The quantitative estimate of drug-likeness (QED) is 0.138. The number of ether oxygens (including phenoxy) is 5. The predicted octanol–water partition coefficient (Wildman–Crippen LogP) is 9.03. The van der Waals surface area contributed by atoms with Crippen LogP contribution in [0.4, 0.5) is 39.2 Å². The van der Waals surface area contributed by atoms with Gasteiger partial charge in [0.2, 0.25) is 5.88 Å². The Kier molecular flexibility index (Phi) is 11.2. The molecule has 0 N–H and O–H groups in total. The number of hydrogen-bond acceptors (Lipinski definition) is 14. The summed E-state index contributed by atoms with van der Waals surface area (Å²) in [5.74, 6) is -1.36. The number of piperazine rings is 1. The number of amides is 3. The molecule has 0 aliphatic carbocycles. The molecule has 8 heterocycles. The molecule has 4 aromatic rings. The summed E-state index contributed by atoms with van der Waals surface area (Å²) in [4.78, 5) is 67.1. The van der Waals surface area contributed by atoms with Crippen LogP contribution in [0.15, 0.2) is 24.3 Å². The average Bonchev–Trinajstić information content (AvgIpc) is 3.80. The molecule has 9 rings (SSSR count). The highest BCUT2D eigenvalue weighted by atomic mass is 19.3. The van der Waals surface area contributed by atoms with Crippen LogP contribution in [0.1, 0.15) is 107 Å². The molecule has 4 fully saturated rings. The van der Waals surface area contributed by atoms with Gasteiger partial charge in [-0.25, -0.2) is 37.5 Å². The molecule has 4 saturated heterocycles. The third-order valence-electron chi connectivity index (χ3n) is 12.9. The van der Waals surface area contributed by atoms with Crippen LogP contribution in [-0.4, -0.2) is 127 Å².